The van der Waals surface area contributed by atoms with Gasteiger partial charge >= 0.3 is 8.25 Å². The molecular formula is C14H31O3PS2. The van der Waals surface area contributed by atoms with E-state index in [9.17, 15) is 4.57 Å². The molecule has 0 N–H and O–H groups in total. The van der Waals surface area contributed by atoms with Crippen LogP contribution >= 0.6 is 33.5 Å². The summed E-state index contributed by atoms with van der Waals surface area (Å²) < 4.78 is 22.2. The molecule has 6 heteroatoms. The van der Waals surface area contributed by atoms with Gasteiger partial charge in [0.1, 0.15) is 0 Å². The highest BCUT2D eigenvalue weighted by Crippen LogP contribution is 2.33. The van der Waals surface area contributed by atoms with E-state index in [2.05, 4.69) is 53.0 Å². The third-order valence-corrected chi connectivity index (χ3v) is 6.80. The fourth-order valence-corrected chi connectivity index (χ4v) is 2.70. The highest BCUT2D eigenvalue weighted by molar-refractivity contribution is 7.82. The molecule has 0 aromatic rings. The third-order valence-electron chi connectivity index (χ3n) is 4.21. The van der Waals surface area contributed by atoms with Crippen LogP contribution in [0.3, 0.4) is 0 Å². The van der Waals surface area contributed by atoms with Gasteiger partial charge in [0, 0.05) is 9.49 Å². The minimum atomic E-state index is -2.38. The van der Waals surface area contributed by atoms with Crippen molar-refractivity contribution in [3.63, 3.8) is 0 Å². The van der Waals surface area contributed by atoms with E-state index in [1.807, 2.05) is 0 Å². The van der Waals surface area contributed by atoms with Crippen LogP contribution < -0.4 is 0 Å². The highest BCUT2D eigenvalue weighted by Gasteiger charge is 2.22. The zero-order chi connectivity index (χ0) is 15.6. The Morgan fingerprint density at radius 1 is 0.800 bits per heavy atom. The predicted octanol–water partition coefficient (Wildman–Crippen LogP) is 5.17. The van der Waals surface area contributed by atoms with Crippen LogP contribution in [0.2, 0.25) is 0 Å². The number of hydrogen-bond acceptors (Lipinski definition) is 5. The summed E-state index contributed by atoms with van der Waals surface area (Å²) in [5.41, 5.74) is 0. The second-order valence-corrected chi connectivity index (χ2v) is 8.28. The van der Waals surface area contributed by atoms with E-state index in [1.54, 1.807) is 0 Å². The van der Waals surface area contributed by atoms with Crippen molar-refractivity contribution in [3.05, 3.63) is 0 Å². The zero-order valence-electron chi connectivity index (χ0n) is 13.3. The van der Waals surface area contributed by atoms with E-state index < -0.39 is 8.25 Å². The molecule has 0 saturated carbocycles. The first-order chi connectivity index (χ1) is 9.34. The number of rotatable bonds is 12. The van der Waals surface area contributed by atoms with Gasteiger partial charge < -0.3 is 9.05 Å². The van der Waals surface area contributed by atoms with Crippen molar-refractivity contribution in [1.29, 1.82) is 0 Å². The molecule has 122 valence electrons. The second kappa shape index (κ2) is 10.6. The molecule has 0 heterocycles. The van der Waals surface area contributed by atoms with Crippen LogP contribution in [-0.2, 0) is 13.6 Å². The third kappa shape index (κ3) is 8.33. The van der Waals surface area contributed by atoms with Crippen LogP contribution in [0.1, 0.15) is 66.2 Å². The molecule has 0 radical (unpaired) electrons. The minimum Gasteiger partial charge on any atom is -0.311 e. The Bertz CT molecular complexity index is 254. The number of thiol groups is 2. The summed E-state index contributed by atoms with van der Waals surface area (Å²) in [6.07, 6.45) is 5.51. The van der Waals surface area contributed by atoms with Gasteiger partial charge in [-0.3, -0.25) is 4.57 Å². The lowest BCUT2D eigenvalue weighted by atomic mass is 9.99. The molecule has 0 atom stereocenters. The van der Waals surface area contributed by atoms with Crippen molar-refractivity contribution >= 4 is 33.5 Å². The molecule has 3 nitrogen and oxygen atoms in total. The van der Waals surface area contributed by atoms with E-state index >= 15 is 0 Å². The minimum absolute atomic E-state index is 0.0210. The van der Waals surface area contributed by atoms with Crippen LogP contribution in [0, 0.1) is 0 Å². The number of hydrogen-bond donors (Lipinski definition) is 2. The maximum absolute atomic E-state index is 11.7. The van der Waals surface area contributed by atoms with Crippen molar-refractivity contribution in [2.24, 2.45) is 0 Å². The summed E-state index contributed by atoms with van der Waals surface area (Å²) in [7, 11) is -2.38. The molecule has 0 amide bonds. The molecule has 0 rings (SSSR count). The maximum Gasteiger partial charge on any atom is 0.319 e. The van der Waals surface area contributed by atoms with Crippen molar-refractivity contribution in [1.82, 2.24) is 0 Å². The summed E-state index contributed by atoms with van der Waals surface area (Å²) in [5, 5.41) is 0. The highest BCUT2D eigenvalue weighted by atomic mass is 32.1. The average Bonchev–Trinajstić information content (AvgIpc) is 2.46. The van der Waals surface area contributed by atoms with Gasteiger partial charge in [0.25, 0.3) is 0 Å². The van der Waals surface area contributed by atoms with Crippen molar-refractivity contribution in [2.75, 3.05) is 13.2 Å². The molecule has 0 saturated heterocycles. The quantitative estimate of drug-likeness (QED) is 0.379. The van der Waals surface area contributed by atoms with Gasteiger partial charge in [-0.1, -0.05) is 27.7 Å². The molecule has 20 heavy (non-hydrogen) atoms. The Morgan fingerprint density at radius 2 is 1.10 bits per heavy atom. The SMILES string of the molecule is CCC(S)(CC)CCO[PH](=O)OCCC(S)(CC)CC. The molecule has 0 unspecified atom stereocenters. The van der Waals surface area contributed by atoms with Crippen LogP contribution in [0.4, 0.5) is 0 Å². The first-order valence-corrected chi connectivity index (χ1v) is 9.71. The Labute approximate surface area is 136 Å². The van der Waals surface area contributed by atoms with Gasteiger partial charge in [0.2, 0.25) is 0 Å². The predicted molar refractivity (Wildman–Crippen MR) is 94.7 cm³/mol. The molecule has 0 bridgehead atoms. The van der Waals surface area contributed by atoms with Crippen LogP contribution in [0.15, 0.2) is 0 Å². The molecule has 0 fully saturated rings. The summed E-state index contributed by atoms with van der Waals surface area (Å²) >= 11 is 9.27. The van der Waals surface area contributed by atoms with E-state index in [0.717, 1.165) is 38.5 Å². The maximum atomic E-state index is 11.7. The summed E-state index contributed by atoms with van der Waals surface area (Å²) in [5.74, 6) is 0. The fourth-order valence-electron chi connectivity index (χ4n) is 1.90. The molecule has 0 aliphatic heterocycles. The standard InChI is InChI=1S/C14H31O3PS2/c1-5-13(19,6-2)9-11-16-18(15)17-12-10-14(20,7-3)8-4/h18-20H,5-12H2,1-4H3. The molecule has 0 spiro atoms. The van der Waals surface area contributed by atoms with E-state index in [1.165, 1.54) is 0 Å². The topological polar surface area (TPSA) is 35.5 Å². The van der Waals surface area contributed by atoms with E-state index in [-0.39, 0.29) is 9.49 Å². The Kier molecular flexibility index (Phi) is 11.0. The van der Waals surface area contributed by atoms with Gasteiger partial charge in [-0.05, 0) is 38.5 Å². The van der Waals surface area contributed by atoms with Gasteiger partial charge in [0.05, 0.1) is 13.2 Å². The Hall–Kier alpha value is 0.850. The first-order valence-electron chi connectivity index (χ1n) is 7.59. The zero-order valence-corrected chi connectivity index (χ0v) is 16.1. The van der Waals surface area contributed by atoms with Crippen LogP contribution in [0.5, 0.6) is 0 Å². The van der Waals surface area contributed by atoms with Crippen molar-refractivity contribution in [3.8, 4) is 0 Å². The van der Waals surface area contributed by atoms with Crippen molar-refractivity contribution < 1.29 is 13.6 Å². The summed E-state index contributed by atoms with van der Waals surface area (Å²) in [4.78, 5) is 0. The fraction of sp³-hybridized carbons (Fsp3) is 1.00. The van der Waals surface area contributed by atoms with Gasteiger partial charge in [0.15, 0.2) is 0 Å². The van der Waals surface area contributed by atoms with Crippen LogP contribution in [-0.4, -0.2) is 22.7 Å². The van der Waals surface area contributed by atoms with Gasteiger partial charge in [-0.25, -0.2) is 0 Å². The lowest BCUT2D eigenvalue weighted by molar-refractivity contribution is 0.207. The van der Waals surface area contributed by atoms with E-state index in [4.69, 9.17) is 9.05 Å². The summed E-state index contributed by atoms with van der Waals surface area (Å²) in [6, 6.07) is 0. The van der Waals surface area contributed by atoms with Gasteiger partial charge in [-0.2, -0.15) is 25.3 Å². The Balaban J connectivity index is 3.85. The smallest absolute Gasteiger partial charge is 0.311 e. The summed E-state index contributed by atoms with van der Waals surface area (Å²) in [6.45, 7) is 9.32. The van der Waals surface area contributed by atoms with Crippen LogP contribution in [0.25, 0.3) is 0 Å². The second-order valence-electron chi connectivity index (χ2n) is 5.31. The normalized spacial score (nSPS) is 13.2. The molecule has 0 aliphatic rings. The molecule has 0 aliphatic carbocycles. The Morgan fingerprint density at radius 3 is 1.35 bits per heavy atom. The monoisotopic (exact) mass is 342 g/mol. The molecular weight excluding hydrogens is 311 g/mol. The lowest BCUT2D eigenvalue weighted by Gasteiger charge is -2.26. The van der Waals surface area contributed by atoms with Crippen molar-refractivity contribution in [2.45, 2.75) is 75.7 Å². The first kappa shape index (κ1) is 20.9. The molecule has 0 aromatic heterocycles. The van der Waals surface area contributed by atoms with Gasteiger partial charge in [-0.15, -0.1) is 0 Å². The average molecular weight is 343 g/mol. The molecule has 0 aromatic carbocycles. The van der Waals surface area contributed by atoms with E-state index in [0.29, 0.717) is 13.2 Å². The lowest BCUT2D eigenvalue weighted by Crippen LogP contribution is -2.21. The largest absolute Gasteiger partial charge is 0.319 e.